The number of nitrogens with one attached hydrogen (secondary N) is 1. The Morgan fingerprint density at radius 2 is 1.57 bits per heavy atom. The molecule has 0 atom stereocenters. The quantitative estimate of drug-likeness (QED) is 0.882. The number of hydrogen-bond acceptors (Lipinski definition) is 4. The smallest absolute Gasteiger partial charge is 0.244 e. The van der Waals surface area contributed by atoms with Crippen LogP contribution in [0.15, 0.2) is 41.3 Å². The van der Waals surface area contributed by atoms with Crippen molar-refractivity contribution in [3.8, 4) is 11.5 Å². The van der Waals surface area contributed by atoms with Gasteiger partial charge in [-0.05, 0) is 54.8 Å². The molecule has 1 N–H and O–H groups in total. The third-order valence-corrected chi connectivity index (χ3v) is 5.12. The summed E-state index contributed by atoms with van der Waals surface area (Å²) in [5.74, 6) is 1.07. The molecule has 2 aromatic rings. The third-order valence-electron chi connectivity index (χ3n) is 3.69. The Morgan fingerprint density at radius 1 is 0.957 bits per heavy atom. The molecule has 0 radical (unpaired) electrons. The monoisotopic (exact) mass is 335 g/mol. The zero-order chi connectivity index (χ0) is 17.0. The van der Waals surface area contributed by atoms with Crippen molar-refractivity contribution in [2.45, 2.75) is 25.3 Å². The maximum absolute atomic E-state index is 12.6. The summed E-state index contributed by atoms with van der Waals surface area (Å²) in [6.07, 6.45) is 0. The molecule has 0 saturated heterocycles. The van der Waals surface area contributed by atoms with Crippen LogP contribution in [0, 0.1) is 13.8 Å². The molecule has 0 spiro atoms. The lowest BCUT2D eigenvalue weighted by molar-refractivity contribution is 0.401. The average molecular weight is 335 g/mol. The molecule has 0 aliphatic heterocycles. The summed E-state index contributed by atoms with van der Waals surface area (Å²) < 4.78 is 38.0. The topological polar surface area (TPSA) is 64.6 Å². The van der Waals surface area contributed by atoms with Crippen molar-refractivity contribution in [3.63, 3.8) is 0 Å². The minimum atomic E-state index is -3.66. The van der Waals surface area contributed by atoms with Crippen molar-refractivity contribution in [2.24, 2.45) is 0 Å². The van der Waals surface area contributed by atoms with Gasteiger partial charge in [0.05, 0.1) is 14.2 Å². The number of rotatable bonds is 6. The van der Waals surface area contributed by atoms with E-state index in [2.05, 4.69) is 4.72 Å². The van der Waals surface area contributed by atoms with Gasteiger partial charge in [0.2, 0.25) is 10.0 Å². The van der Waals surface area contributed by atoms with Crippen LogP contribution in [0.5, 0.6) is 11.5 Å². The summed E-state index contributed by atoms with van der Waals surface area (Å²) in [6, 6.07) is 10.6. The van der Waals surface area contributed by atoms with Crippen LogP contribution >= 0.6 is 0 Å². The molecule has 0 bridgehead atoms. The third kappa shape index (κ3) is 4.03. The van der Waals surface area contributed by atoms with Gasteiger partial charge in [-0.3, -0.25) is 0 Å². The number of aryl methyl sites for hydroxylation is 2. The molecule has 0 aliphatic carbocycles. The van der Waals surface area contributed by atoms with Crippen LogP contribution in [-0.4, -0.2) is 22.6 Å². The predicted octanol–water partition coefficient (Wildman–Crippen LogP) is 2.80. The normalized spacial score (nSPS) is 11.3. The Balaban J connectivity index is 2.23. The van der Waals surface area contributed by atoms with Gasteiger partial charge in [0.1, 0.15) is 16.4 Å². The molecule has 0 aliphatic rings. The van der Waals surface area contributed by atoms with E-state index in [1.54, 1.807) is 31.4 Å². The van der Waals surface area contributed by atoms with Crippen LogP contribution in [0.4, 0.5) is 0 Å². The van der Waals surface area contributed by atoms with Gasteiger partial charge in [-0.2, -0.15) is 0 Å². The van der Waals surface area contributed by atoms with Crippen molar-refractivity contribution < 1.29 is 17.9 Å². The summed E-state index contributed by atoms with van der Waals surface area (Å²) in [5.41, 5.74) is 2.73. The van der Waals surface area contributed by atoms with E-state index in [4.69, 9.17) is 9.47 Å². The SMILES string of the molecule is COc1ccc(CNS(=O)(=O)c2cc(C)c(C)cc2OC)cc1. The minimum absolute atomic E-state index is 0.150. The van der Waals surface area contributed by atoms with Crippen LogP contribution in [-0.2, 0) is 16.6 Å². The van der Waals surface area contributed by atoms with Crippen LogP contribution in [0.25, 0.3) is 0 Å². The molecule has 2 rings (SSSR count). The summed E-state index contributed by atoms with van der Waals surface area (Å²) in [6.45, 7) is 3.98. The molecular formula is C17H21NO4S. The Labute approximate surface area is 137 Å². The highest BCUT2D eigenvalue weighted by Crippen LogP contribution is 2.27. The number of ether oxygens (including phenoxy) is 2. The Hall–Kier alpha value is -2.05. The van der Waals surface area contributed by atoms with E-state index in [9.17, 15) is 8.42 Å². The highest BCUT2D eigenvalue weighted by atomic mass is 32.2. The van der Waals surface area contributed by atoms with Gasteiger partial charge in [-0.1, -0.05) is 12.1 Å². The van der Waals surface area contributed by atoms with E-state index in [0.717, 1.165) is 22.4 Å². The second-order valence-corrected chi connectivity index (χ2v) is 7.00. The van der Waals surface area contributed by atoms with Gasteiger partial charge < -0.3 is 9.47 Å². The first kappa shape index (κ1) is 17.3. The molecular weight excluding hydrogens is 314 g/mol. The fourth-order valence-electron chi connectivity index (χ4n) is 2.13. The number of hydrogen-bond donors (Lipinski definition) is 1. The Bertz CT molecular complexity index is 783. The lowest BCUT2D eigenvalue weighted by Gasteiger charge is -2.13. The van der Waals surface area contributed by atoms with E-state index in [1.165, 1.54) is 7.11 Å². The molecule has 0 aromatic heterocycles. The van der Waals surface area contributed by atoms with Crippen molar-refractivity contribution >= 4 is 10.0 Å². The summed E-state index contributed by atoms with van der Waals surface area (Å²) in [5, 5.41) is 0. The van der Waals surface area contributed by atoms with Crippen LogP contribution in [0.1, 0.15) is 16.7 Å². The highest BCUT2D eigenvalue weighted by molar-refractivity contribution is 7.89. The van der Waals surface area contributed by atoms with E-state index in [-0.39, 0.29) is 11.4 Å². The van der Waals surface area contributed by atoms with Gasteiger partial charge in [-0.25, -0.2) is 13.1 Å². The fraction of sp³-hybridized carbons (Fsp3) is 0.294. The summed E-state index contributed by atoms with van der Waals surface area (Å²) in [7, 11) is -0.611. The molecule has 0 unspecified atom stereocenters. The molecule has 6 heteroatoms. The molecule has 124 valence electrons. The van der Waals surface area contributed by atoms with Crippen molar-refractivity contribution in [1.29, 1.82) is 0 Å². The summed E-state index contributed by atoms with van der Waals surface area (Å²) in [4.78, 5) is 0.150. The van der Waals surface area contributed by atoms with Gasteiger partial charge in [0, 0.05) is 6.54 Å². The van der Waals surface area contributed by atoms with Gasteiger partial charge in [-0.15, -0.1) is 0 Å². The van der Waals surface area contributed by atoms with Crippen LogP contribution < -0.4 is 14.2 Å². The highest BCUT2D eigenvalue weighted by Gasteiger charge is 2.20. The molecule has 0 saturated carbocycles. The van der Waals surface area contributed by atoms with E-state index in [1.807, 2.05) is 26.0 Å². The molecule has 23 heavy (non-hydrogen) atoms. The Morgan fingerprint density at radius 3 is 2.13 bits per heavy atom. The lowest BCUT2D eigenvalue weighted by atomic mass is 10.1. The van der Waals surface area contributed by atoms with Crippen molar-refractivity contribution in [1.82, 2.24) is 4.72 Å². The van der Waals surface area contributed by atoms with E-state index in [0.29, 0.717) is 5.75 Å². The molecule has 5 nitrogen and oxygen atoms in total. The summed E-state index contributed by atoms with van der Waals surface area (Å²) >= 11 is 0. The standard InChI is InChI=1S/C17H21NO4S/c1-12-9-16(22-4)17(10-13(12)2)23(19,20)18-11-14-5-7-15(21-3)8-6-14/h5-10,18H,11H2,1-4H3. The van der Waals surface area contributed by atoms with Gasteiger partial charge in [0.25, 0.3) is 0 Å². The molecule has 2 aromatic carbocycles. The molecule has 0 amide bonds. The molecule has 0 heterocycles. The first-order chi connectivity index (χ1) is 10.9. The maximum Gasteiger partial charge on any atom is 0.244 e. The second-order valence-electron chi connectivity index (χ2n) is 5.26. The Kier molecular flexibility index (Phi) is 5.28. The largest absolute Gasteiger partial charge is 0.497 e. The zero-order valence-electron chi connectivity index (χ0n) is 13.7. The van der Waals surface area contributed by atoms with Crippen LogP contribution in [0.2, 0.25) is 0 Å². The minimum Gasteiger partial charge on any atom is -0.497 e. The number of methoxy groups -OCH3 is 2. The van der Waals surface area contributed by atoms with E-state index >= 15 is 0 Å². The van der Waals surface area contributed by atoms with Crippen molar-refractivity contribution in [3.05, 3.63) is 53.1 Å². The fourth-order valence-corrected chi connectivity index (χ4v) is 3.38. The number of sulfonamides is 1. The second kappa shape index (κ2) is 7.02. The number of benzene rings is 2. The maximum atomic E-state index is 12.6. The van der Waals surface area contributed by atoms with Crippen LogP contribution in [0.3, 0.4) is 0 Å². The first-order valence-electron chi connectivity index (χ1n) is 7.15. The van der Waals surface area contributed by atoms with Gasteiger partial charge >= 0.3 is 0 Å². The lowest BCUT2D eigenvalue weighted by Crippen LogP contribution is -2.24. The van der Waals surface area contributed by atoms with Gasteiger partial charge in [0.15, 0.2) is 0 Å². The predicted molar refractivity (Wildman–Crippen MR) is 89.5 cm³/mol. The van der Waals surface area contributed by atoms with Crippen molar-refractivity contribution in [2.75, 3.05) is 14.2 Å². The zero-order valence-corrected chi connectivity index (χ0v) is 14.5. The molecule has 0 fully saturated rings. The average Bonchev–Trinajstić information content (AvgIpc) is 2.55. The first-order valence-corrected chi connectivity index (χ1v) is 8.63. The van der Waals surface area contributed by atoms with E-state index < -0.39 is 10.0 Å².